The second kappa shape index (κ2) is 4.57. The SMILES string of the molecule is CC(=O)N(c1cccc(C)c1)[C@H]1C=CS(=O)(=O)C1. The van der Waals surface area contributed by atoms with E-state index in [1.54, 1.807) is 6.08 Å². The Bertz CT molecular complexity index is 604. The smallest absolute Gasteiger partial charge is 0.224 e. The molecule has 0 aliphatic carbocycles. The van der Waals surface area contributed by atoms with Gasteiger partial charge in [-0.3, -0.25) is 4.79 Å². The van der Waals surface area contributed by atoms with Gasteiger partial charge in [0.25, 0.3) is 0 Å². The van der Waals surface area contributed by atoms with Crippen molar-refractivity contribution in [1.82, 2.24) is 0 Å². The maximum atomic E-state index is 11.8. The summed E-state index contributed by atoms with van der Waals surface area (Å²) in [4.78, 5) is 13.3. The summed E-state index contributed by atoms with van der Waals surface area (Å²) in [6.07, 6.45) is 1.57. The number of aryl methyl sites for hydroxylation is 1. The standard InChI is InChI=1S/C13H15NO3S/c1-10-4-3-5-12(8-10)14(11(2)15)13-6-7-18(16,17)9-13/h3-8,13H,9H2,1-2H3/t13-/m0/s1. The molecule has 18 heavy (non-hydrogen) atoms. The Morgan fingerprint density at radius 3 is 2.61 bits per heavy atom. The Labute approximate surface area is 107 Å². The number of amides is 1. The molecule has 0 saturated heterocycles. The molecular weight excluding hydrogens is 250 g/mol. The molecule has 0 aromatic heterocycles. The predicted molar refractivity (Wildman–Crippen MR) is 71.1 cm³/mol. The van der Waals surface area contributed by atoms with Crippen LogP contribution in [0.1, 0.15) is 12.5 Å². The number of sulfone groups is 1. The largest absolute Gasteiger partial charge is 0.305 e. The number of hydrogen-bond donors (Lipinski definition) is 0. The molecule has 5 heteroatoms. The Morgan fingerprint density at radius 2 is 2.11 bits per heavy atom. The van der Waals surface area contributed by atoms with E-state index in [1.807, 2.05) is 31.2 Å². The zero-order valence-corrected chi connectivity index (χ0v) is 11.1. The maximum Gasteiger partial charge on any atom is 0.224 e. The fourth-order valence-electron chi connectivity index (χ4n) is 2.10. The van der Waals surface area contributed by atoms with Crippen molar-refractivity contribution >= 4 is 21.4 Å². The van der Waals surface area contributed by atoms with E-state index in [4.69, 9.17) is 0 Å². The lowest BCUT2D eigenvalue weighted by Gasteiger charge is -2.26. The van der Waals surface area contributed by atoms with Crippen molar-refractivity contribution in [2.24, 2.45) is 0 Å². The first-order valence-corrected chi connectivity index (χ1v) is 7.38. The number of carbonyl (C=O) groups is 1. The van der Waals surface area contributed by atoms with E-state index in [9.17, 15) is 13.2 Å². The molecule has 0 spiro atoms. The molecule has 96 valence electrons. The lowest BCUT2D eigenvalue weighted by molar-refractivity contribution is -0.116. The van der Waals surface area contributed by atoms with Crippen molar-refractivity contribution in [2.75, 3.05) is 10.7 Å². The second-order valence-electron chi connectivity index (χ2n) is 4.45. The summed E-state index contributed by atoms with van der Waals surface area (Å²) < 4.78 is 22.9. The van der Waals surface area contributed by atoms with Gasteiger partial charge in [0.1, 0.15) is 0 Å². The fourth-order valence-corrected chi connectivity index (χ4v) is 3.37. The van der Waals surface area contributed by atoms with Crippen LogP contribution < -0.4 is 4.90 Å². The molecule has 0 saturated carbocycles. The highest BCUT2D eigenvalue weighted by Gasteiger charge is 2.29. The average Bonchev–Trinajstić information content (AvgIpc) is 2.58. The summed E-state index contributed by atoms with van der Waals surface area (Å²) in [6, 6.07) is 7.07. The number of hydrogen-bond acceptors (Lipinski definition) is 3. The molecule has 1 aliphatic heterocycles. The molecule has 2 rings (SSSR count). The van der Waals surface area contributed by atoms with Crippen LogP contribution in [0.25, 0.3) is 0 Å². The molecule has 0 fully saturated rings. The predicted octanol–water partition coefficient (Wildman–Crippen LogP) is 1.66. The van der Waals surface area contributed by atoms with Gasteiger partial charge in [0.05, 0.1) is 11.8 Å². The second-order valence-corrected chi connectivity index (χ2v) is 6.38. The Balaban J connectivity index is 2.37. The summed E-state index contributed by atoms with van der Waals surface area (Å²) in [5, 5.41) is 1.18. The van der Waals surface area contributed by atoms with Crippen LogP contribution in [0.5, 0.6) is 0 Å². The van der Waals surface area contributed by atoms with Gasteiger partial charge in [0, 0.05) is 18.0 Å². The summed E-state index contributed by atoms with van der Waals surface area (Å²) in [6.45, 7) is 3.38. The Kier molecular flexibility index (Phi) is 3.26. The van der Waals surface area contributed by atoms with Crippen LogP contribution in [0.15, 0.2) is 35.7 Å². The summed E-state index contributed by atoms with van der Waals surface area (Å²) in [7, 11) is -3.17. The first kappa shape index (κ1) is 12.8. The van der Waals surface area contributed by atoms with Crippen molar-refractivity contribution in [3.05, 3.63) is 41.3 Å². The van der Waals surface area contributed by atoms with Crippen molar-refractivity contribution in [1.29, 1.82) is 0 Å². The lowest BCUT2D eigenvalue weighted by atomic mass is 10.1. The van der Waals surface area contributed by atoms with E-state index in [0.717, 1.165) is 11.3 Å². The highest BCUT2D eigenvalue weighted by atomic mass is 32.2. The van der Waals surface area contributed by atoms with E-state index in [1.165, 1.54) is 17.2 Å². The average molecular weight is 265 g/mol. The van der Waals surface area contributed by atoms with Gasteiger partial charge in [0.2, 0.25) is 5.91 Å². The quantitative estimate of drug-likeness (QED) is 0.817. The highest BCUT2D eigenvalue weighted by molar-refractivity contribution is 7.94. The third-order valence-electron chi connectivity index (χ3n) is 2.86. The van der Waals surface area contributed by atoms with Crippen molar-refractivity contribution in [3.63, 3.8) is 0 Å². The minimum atomic E-state index is -3.17. The van der Waals surface area contributed by atoms with E-state index in [-0.39, 0.29) is 11.7 Å². The van der Waals surface area contributed by atoms with Crippen LogP contribution in [0.4, 0.5) is 5.69 Å². The molecule has 0 unspecified atom stereocenters. The monoisotopic (exact) mass is 265 g/mol. The van der Waals surface area contributed by atoms with Crippen molar-refractivity contribution in [3.8, 4) is 0 Å². The third kappa shape index (κ3) is 2.61. The van der Waals surface area contributed by atoms with Crippen molar-refractivity contribution < 1.29 is 13.2 Å². The zero-order chi connectivity index (χ0) is 13.3. The Hall–Kier alpha value is -1.62. The number of anilines is 1. The maximum absolute atomic E-state index is 11.8. The van der Waals surface area contributed by atoms with Crippen LogP contribution >= 0.6 is 0 Å². The van der Waals surface area contributed by atoms with Crippen LogP contribution in [0, 0.1) is 6.92 Å². The highest BCUT2D eigenvalue weighted by Crippen LogP contribution is 2.23. The first-order valence-electron chi connectivity index (χ1n) is 5.66. The number of benzene rings is 1. The van der Waals surface area contributed by atoms with Gasteiger partial charge >= 0.3 is 0 Å². The van der Waals surface area contributed by atoms with Gasteiger partial charge in [-0.2, -0.15) is 0 Å². The fraction of sp³-hybridized carbons (Fsp3) is 0.308. The number of rotatable bonds is 2. The van der Waals surface area contributed by atoms with Crippen LogP contribution in [0.3, 0.4) is 0 Å². The van der Waals surface area contributed by atoms with Crippen molar-refractivity contribution in [2.45, 2.75) is 19.9 Å². The topological polar surface area (TPSA) is 54.5 Å². The van der Waals surface area contributed by atoms with Crippen LogP contribution in [0.2, 0.25) is 0 Å². The minimum absolute atomic E-state index is 0.0411. The molecule has 4 nitrogen and oxygen atoms in total. The molecule has 1 aliphatic rings. The molecule has 1 aromatic carbocycles. The molecule has 1 heterocycles. The van der Waals surface area contributed by atoms with Gasteiger partial charge in [-0.25, -0.2) is 8.42 Å². The van der Waals surface area contributed by atoms with E-state index in [0.29, 0.717) is 0 Å². The molecule has 1 amide bonds. The first-order chi connectivity index (χ1) is 8.39. The molecular formula is C13H15NO3S. The van der Waals surface area contributed by atoms with Gasteiger partial charge < -0.3 is 4.90 Å². The minimum Gasteiger partial charge on any atom is -0.305 e. The van der Waals surface area contributed by atoms with Gasteiger partial charge in [-0.05, 0) is 30.7 Å². The van der Waals surface area contributed by atoms with E-state index in [2.05, 4.69) is 0 Å². The number of carbonyl (C=O) groups excluding carboxylic acids is 1. The van der Waals surface area contributed by atoms with Gasteiger partial charge in [-0.15, -0.1) is 0 Å². The lowest BCUT2D eigenvalue weighted by Crippen LogP contribution is -2.39. The van der Waals surface area contributed by atoms with Gasteiger partial charge in [-0.1, -0.05) is 12.1 Å². The van der Waals surface area contributed by atoms with E-state index < -0.39 is 15.9 Å². The third-order valence-corrected chi connectivity index (χ3v) is 4.24. The van der Waals surface area contributed by atoms with Crippen LogP contribution in [-0.4, -0.2) is 26.1 Å². The summed E-state index contributed by atoms with van der Waals surface area (Å²) >= 11 is 0. The molecule has 0 bridgehead atoms. The number of nitrogens with zero attached hydrogens (tertiary/aromatic N) is 1. The Morgan fingerprint density at radius 1 is 1.39 bits per heavy atom. The summed E-state index contributed by atoms with van der Waals surface area (Å²) in [5.41, 5.74) is 1.76. The molecule has 1 aromatic rings. The molecule has 0 radical (unpaired) electrons. The van der Waals surface area contributed by atoms with Gasteiger partial charge in [0.15, 0.2) is 9.84 Å². The van der Waals surface area contributed by atoms with Crippen LogP contribution in [-0.2, 0) is 14.6 Å². The normalized spacial score (nSPS) is 20.9. The zero-order valence-electron chi connectivity index (χ0n) is 10.3. The van der Waals surface area contributed by atoms with E-state index >= 15 is 0 Å². The molecule has 0 N–H and O–H groups in total. The summed E-state index contributed by atoms with van der Waals surface area (Å²) in [5.74, 6) is -0.201. The molecule has 1 atom stereocenters.